The number of carbonyl (C=O) groups excluding carboxylic acids is 3. The molecule has 2 fully saturated rings. The van der Waals surface area contributed by atoms with Crippen molar-refractivity contribution in [3.05, 3.63) is 56.5 Å². The number of nitrogens with zero attached hydrogens (tertiary/aromatic N) is 3. The van der Waals surface area contributed by atoms with Gasteiger partial charge in [0.25, 0.3) is 5.91 Å². The van der Waals surface area contributed by atoms with Crippen LogP contribution in [0.4, 0.5) is 24.5 Å². The monoisotopic (exact) mass is 696 g/mol. The minimum atomic E-state index is -5.08. The van der Waals surface area contributed by atoms with Crippen LogP contribution in [0.3, 0.4) is 0 Å². The lowest BCUT2D eigenvalue weighted by molar-refractivity contribution is -0.190. The fourth-order valence-electron chi connectivity index (χ4n) is 5.27. The van der Waals surface area contributed by atoms with E-state index in [0.29, 0.717) is 14.9 Å². The van der Waals surface area contributed by atoms with Crippen LogP contribution in [0.5, 0.6) is 0 Å². The van der Waals surface area contributed by atoms with Crippen molar-refractivity contribution in [1.82, 2.24) is 10.2 Å². The molecule has 4 atom stereocenters. The lowest BCUT2D eigenvalue weighted by Gasteiger charge is -2.40. The maximum absolute atomic E-state index is 13.1. The molecule has 0 aliphatic carbocycles. The van der Waals surface area contributed by atoms with Gasteiger partial charge in [-0.15, -0.1) is 0 Å². The van der Waals surface area contributed by atoms with Gasteiger partial charge in [-0.05, 0) is 55.7 Å². The number of amides is 3. The summed E-state index contributed by atoms with van der Waals surface area (Å²) >= 11 is 24.0. The van der Waals surface area contributed by atoms with Gasteiger partial charge in [-0.3, -0.25) is 29.5 Å². The van der Waals surface area contributed by atoms with Gasteiger partial charge < -0.3 is 4.90 Å². The Morgan fingerprint density at radius 2 is 1.11 bits per heavy atom. The molecule has 2 saturated heterocycles. The topological polar surface area (TPSA) is 73.0 Å². The third-order valence-electron chi connectivity index (χ3n) is 7.12. The number of anilines is 2. The van der Waals surface area contributed by atoms with Gasteiger partial charge in [0.05, 0.1) is 12.2 Å². The first-order valence-electron chi connectivity index (χ1n) is 13.7. The smallest absolute Gasteiger partial charge is 0.302 e. The van der Waals surface area contributed by atoms with Crippen molar-refractivity contribution in [1.29, 1.82) is 0 Å². The molecule has 2 aliphatic heterocycles. The first-order chi connectivity index (χ1) is 19.9. The standard InChI is InChI=1S/C16H17Cl2F3N2O2.C14H18Cl2N2O/c1-8-12(24)23(11-6-9(17)5-10(18)7-11)13(15(2,3)4)22(8)14(25)16(19,20)21;1-8-12(19)18(13(17-8)14(2,3)4)11-6-9(15)5-10(16)7-11/h5-8,13H,1-4H3;5-8,13,17H,1-4H3/t2*8-,13+/m11/s1. The molecule has 3 amide bonds. The Morgan fingerprint density at radius 1 is 0.705 bits per heavy atom. The molecule has 2 aromatic rings. The van der Waals surface area contributed by atoms with Crippen LogP contribution >= 0.6 is 46.4 Å². The Hall–Kier alpha value is -2.24. The second-order valence-electron chi connectivity index (χ2n) is 13.0. The molecule has 242 valence electrons. The quantitative estimate of drug-likeness (QED) is 0.344. The number of rotatable bonds is 2. The van der Waals surface area contributed by atoms with Gasteiger partial charge in [0.1, 0.15) is 12.2 Å². The maximum Gasteiger partial charge on any atom is 0.471 e. The van der Waals surface area contributed by atoms with Crippen molar-refractivity contribution in [2.24, 2.45) is 10.8 Å². The molecular weight excluding hydrogens is 663 g/mol. The zero-order valence-corrected chi connectivity index (χ0v) is 28.5. The van der Waals surface area contributed by atoms with Gasteiger partial charge in [-0.25, -0.2) is 0 Å². The third kappa shape index (κ3) is 7.76. The van der Waals surface area contributed by atoms with Crippen molar-refractivity contribution in [2.75, 3.05) is 9.80 Å². The van der Waals surface area contributed by atoms with E-state index in [9.17, 15) is 27.6 Å². The van der Waals surface area contributed by atoms with E-state index in [0.717, 1.165) is 10.6 Å². The first kappa shape index (κ1) is 36.2. The van der Waals surface area contributed by atoms with E-state index in [1.165, 1.54) is 25.1 Å². The molecule has 0 bridgehead atoms. The van der Waals surface area contributed by atoms with Crippen molar-refractivity contribution in [3.63, 3.8) is 0 Å². The minimum absolute atomic E-state index is 0.0401. The Labute approximate surface area is 275 Å². The lowest BCUT2D eigenvalue weighted by atomic mass is 9.90. The zero-order chi connectivity index (χ0) is 33.7. The molecule has 14 heteroatoms. The molecule has 0 radical (unpaired) electrons. The molecule has 0 aromatic heterocycles. The van der Waals surface area contributed by atoms with Crippen LogP contribution in [0.2, 0.25) is 20.1 Å². The summed E-state index contributed by atoms with van der Waals surface area (Å²) in [5.74, 6) is -2.64. The lowest BCUT2D eigenvalue weighted by Crippen LogP contribution is -2.55. The first-order valence-corrected chi connectivity index (χ1v) is 15.2. The highest BCUT2D eigenvalue weighted by Crippen LogP contribution is 2.41. The molecule has 0 unspecified atom stereocenters. The summed E-state index contributed by atoms with van der Waals surface area (Å²) in [6.07, 6.45) is -6.30. The number of hydrogen-bond acceptors (Lipinski definition) is 4. The van der Waals surface area contributed by atoms with E-state index in [4.69, 9.17) is 46.4 Å². The summed E-state index contributed by atoms with van der Waals surface area (Å²) in [6.45, 7) is 14.4. The molecule has 7 nitrogen and oxygen atoms in total. The summed E-state index contributed by atoms with van der Waals surface area (Å²) in [5.41, 5.74) is 0.0387. The van der Waals surface area contributed by atoms with Crippen molar-refractivity contribution < 1.29 is 27.6 Å². The Bertz CT molecular complexity index is 1400. The van der Waals surface area contributed by atoms with E-state index in [1.54, 1.807) is 43.9 Å². The highest BCUT2D eigenvalue weighted by molar-refractivity contribution is 6.35. The van der Waals surface area contributed by atoms with Crippen LogP contribution in [0.25, 0.3) is 0 Å². The summed E-state index contributed by atoms with van der Waals surface area (Å²) in [4.78, 5) is 40.5. The van der Waals surface area contributed by atoms with E-state index in [1.807, 2.05) is 6.92 Å². The van der Waals surface area contributed by atoms with E-state index < -0.39 is 35.6 Å². The molecule has 2 heterocycles. The van der Waals surface area contributed by atoms with Crippen molar-refractivity contribution in [2.45, 2.75) is 86.0 Å². The molecular formula is C30H35Cl4F3N4O3. The van der Waals surface area contributed by atoms with Crippen LogP contribution in [0, 0.1) is 10.8 Å². The number of benzene rings is 2. The number of hydrogen-bond donors (Lipinski definition) is 1. The summed E-state index contributed by atoms with van der Waals surface area (Å²) in [6, 6.07) is 8.03. The van der Waals surface area contributed by atoms with Crippen LogP contribution in [0.15, 0.2) is 36.4 Å². The highest BCUT2D eigenvalue weighted by Gasteiger charge is 2.57. The Balaban J connectivity index is 0.000000249. The summed E-state index contributed by atoms with van der Waals surface area (Å²) in [5, 5.41) is 4.85. The molecule has 4 rings (SSSR count). The zero-order valence-electron chi connectivity index (χ0n) is 25.5. The summed E-state index contributed by atoms with van der Waals surface area (Å²) < 4.78 is 39.2. The van der Waals surface area contributed by atoms with E-state index in [2.05, 4.69) is 26.1 Å². The molecule has 1 N–H and O–H groups in total. The predicted octanol–water partition coefficient (Wildman–Crippen LogP) is 8.18. The Kier molecular flexibility index (Phi) is 10.6. The largest absolute Gasteiger partial charge is 0.471 e. The average Bonchev–Trinajstić information content (AvgIpc) is 3.30. The molecule has 44 heavy (non-hydrogen) atoms. The van der Waals surface area contributed by atoms with E-state index >= 15 is 0 Å². The maximum atomic E-state index is 13.1. The van der Waals surface area contributed by atoms with Gasteiger partial charge >= 0.3 is 12.1 Å². The van der Waals surface area contributed by atoms with Crippen LogP contribution in [-0.4, -0.2) is 53.2 Å². The van der Waals surface area contributed by atoms with Gasteiger partial charge in [0.2, 0.25) is 5.91 Å². The van der Waals surface area contributed by atoms with Gasteiger partial charge in [0, 0.05) is 36.9 Å². The number of nitrogens with one attached hydrogen (secondary N) is 1. The van der Waals surface area contributed by atoms with Gasteiger partial charge in [-0.2, -0.15) is 13.2 Å². The fourth-order valence-corrected chi connectivity index (χ4v) is 6.30. The molecule has 2 aromatic carbocycles. The summed E-state index contributed by atoms with van der Waals surface area (Å²) in [7, 11) is 0. The molecule has 0 spiro atoms. The van der Waals surface area contributed by atoms with Gasteiger partial charge in [0.15, 0.2) is 0 Å². The second-order valence-corrected chi connectivity index (χ2v) is 14.7. The normalized spacial score (nSPS) is 22.8. The third-order valence-corrected chi connectivity index (χ3v) is 7.99. The van der Waals surface area contributed by atoms with Crippen molar-refractivity contribution in [3.8, 4) is 0 Å². The Morgan fingerprint density at radius 3 is 1.48 bits per heavy atom. The number of carbonyl (C=O) groups is 3. The number of alkyl halides is 3. The number of halogens is 7. The molecule has 2 aliphatic rings. The van der Waals surface area contributed by atoms with Crippen LogP contribution in [-0.2, 0) is 14.4 Å². The minimum Gasteiger partial charge on any atom is -0.302 e. The van der Waals surface area contributed by atoms with Crippen LogP contribution < -0.4 is 15.1 Å². The van der Waals surface area contributed by atoms with Crippen molar-refractivity contribution >= 4 is 75.5 Å². The second kappa shape index (κ2) is 12.9. The average molecular weight is 698 g/mol. The predicted molar refractivity (Wildman–Crippen MR) is 169 cm³/mol. The fraction of sp³-hybridized carbons (Fsp3) is 0.500. The highest BCUT2D eigenvalue weighted by atomic mass is 35.5. The molecule has 0 saturated carbocycles. The van der Waals surface area contributed by atoms with Crippen LogP contribution in [0.1, 0.15) is 55.4 Å². The SMILES string of the molecule is C[C@@H]1C(=O)N(c2cc(Cl)cc(Cl)c2)[C@@H](C(C)(C)C)N1C(=O)C(F)(F)F.C[C@H]1N[C@H](C(C)(C)C)N(c2cc(Cl)cc(Cl)c2)C1=O. The van der Waals surface area contributed by atoms with Gasteiger partial charge in [-0.1, -0.05) is 87.9 Å². The van der Waals surface area contributed by atoms with E-state index in [-0.39, 0.29) is 39.3 Å².